The Kier molecular flexibility index (Phi) is 5.27. The molecule has 0 radical (unpaired) electrons. The molecule has 1 nitrogen and oxygen atoms in total. The Morgan fingerprint density at radius 1 is 1.90 bits per heavy atom. The van der Waals surface area contributed by atoms with Crippen molar-refractivity contribution < 1.29 is 4.39 Å². The fourth-order valence-corrected chi connectivity index (χ4v) is 0.360. The second kappa shape index (κ2) is 5.96. The van der Waals surface area contributed by atoms with Gasteiger partial charge in [-0.05, 0) is 0 Å². The normalized spacial score (nSPS) is 11.0. The SMILES string of the molecule is C#CN=C(F)C=CCB=C. The van der Waals surface area contributed by atoms with Crippen molar-refractivity contribution in [1.29, 1.82) is 0 Å². The number of terminal acetylenes is 1. The van der Waals surface area contributed by atoms with E-state index in [4.69, 9.17) is 6.42 Å². The molecule has 0 N–H and O–H groups in total. The number of halogens is 1. The summed E-state index contributed by atoms with van der Waals surface area (Å²) in [6.45, 7) is 5.10. The topological polar surface area (TPSA) is 12.4 Å². The number of hydrogen-bond donors (Lipinski definition) is 0. The van der Waals surface area contributed by atoms with Crippen LogP contribution in [0.2, 0.25) is 6.32 Å². The molecule has 0 amide bonds. The maximum atomic E-state index is 12.2. The van der Waals surface area contributed by atoms with Crippen LogP contribution in [0.1, 0.15) is 0 Å². The summed E-state index contributed by atoms with van der Waals surface area (Å²) in [7, 11) is 0. The van der Waals surface area contributed by atoms with E-state index in [1.807, 2.05) is 6.04 Å². The average Bonchev–Trinajstić information content (AvgIpc) is 1.89. The van der Waals surface area contributed by atoms with Gasteiger partial charge in [0.2, 0.25) is 0 Å². The van der Waals surface area contributed by atoms with Gasteiger partial charge in [-0.2, -0.15) is 0 Å². The first kappa shape index (κ1) is 8.83. The third kappa shape index (κ3) is 4.98. The van der Waals surface area contributed by atoms with E-state index in [9.17, 15) is 4.39 Å². The van der Waals surface area contributed by atoms with Crippen LogP contribution in [0, 0.1) is 12.5 Å². The molecule has 10 heavy (non-hydrogen) atoms. The molecule has 0 aliphatic carbocycles. The zero-order chi connectivity index (χ0) is 7.82. The maximum absolute atomic E-state index is 12.2. The summed E-state index contributed by atoms with van der Waals surface area (Å²) in [6.07, 6.45) is 8.12. The van der Waals surface area contributed by atoms with Gasteiger partial charge in [0.25, 0.3) is 0 Å². The van der Waals surface area contributed by atoms with Crippen LogP contribution in [-0.2, 0) is 0 Å². The van der Waals surface area contributed by atoms with E-state index in [1.54, 1.807) is 13.0 Å². The molecule has 0 aromatic carbocycles. The molecule has 0 atom stereocenters. The van der Waals surface area contributed by atoms with E-state index < -0.39 is 5.97 Å². The van der Waals surface area contributed by atoms with Gasteiger partial charge in [-0.25, -0.2) is 0 Å². The summed E-state index contributed by atoms with van der Waals surface area (Å²) >= 11 is 0. The number of nitrogens with zero attached hydrogens (tertiary/aromatic N) is 1. The third-order valence-electron chi connectivity index (χ3n) is 0.729. The van der Waals surface area contributed by atoms with E-state index in [2.05, 4.69) is 11.5 Å². The number of aliphatic imine (C=N–C) groups is 1. The standard InChI is InChI=1S/C7H7BFN/c1-3-10-7(9)5-4-6-8-2/h1,4-5H,2,6H2. The first-order chi connectivity index (χ1) is 4.81. The van der Waals surface area contributed by atoms with Crippen molar-refractivity contribution in [3.63, 3.8) is 0 Å². The van der Waals surface area contributed by atoms with Gasteiger partial charge in [-0.3, -0.25) is 0 Å². The molecule has 0 heterocycles. The Balaban J connectivity index is 3.79. The van der Waals surface area contributed by atoms with Crippen molar-refractivity contribution >= 4 is 19.4 Å². The summed E-state index contributed by atoms with van der Waals surface area (Å²) in [6, 6.07) is 1.83. The molecule has 50 valence electrons. The van der Waals surface area contributed by atoms with E-state index in [0.29, 0.717) is 6.32 Å². The van der Waals surface area contributed by atoms with Crippen LogP contribution >= 0.6 is 0 Å². The Labute approximate surface area is 60.6 Å². The summed E-state index contributed by atoms with van der Waals surface area (Å²) in [5.41, 5.74) is 0. The molecular weight excluding hydrogens is 128 g/mol. The molecule has 0 aromatic heterocycles. The molecule has 0 aliphatic heterocycles. The Morgan fingerprint density at radius 2 is 2.60 bits per heavy atom. The minimum atomic E-state index is -0.649. The van der Waals surface area contributed by atoms with E-state index in [0.717, 1.165) is 0 Å². The van der Waals surface area contributed by atoms with Crippen LogP contribution in [0.4, 0.5) is 4.39 Å². The van der Waals surface area contributed by atoms with Crippen molar-refractivity contribution in [1.82, 2.24) is 0 Å². The first-order valence-electron chi connectivity index (χ1n) is 2.77. The molecule has 0 fully saturated rings. The molecule has 0 spiro atoms. The number of hydrogen-bond acceptors (Lipinski definition) is 1. The second-order valence-corrected chi connectivity index (χ2v) is 1.49. The Bertz CT molecular complexity index is 200. The summed E-state index contributed by atoms with van der Waals surface area (Å²) in [5.74, 6) is -0.649. The summed E-state index contributed by atoms with van der Waals surface area (Å²) in [5, 5.41) is 0. The van der Waals surface area contributed by atoms with E-state index >= 15 is 0 Å². The van der Waals surface area contributed by atoms with Gasteiger partial charge in [0.1, 0.15) is 0 Å². The Morgan fingerprint density at radius 3 is 3.10 bits per heavy atom. The van der Waals surface area contributed by atoms with Gasteiger partial charge >= 0.3 is 59.7 Å². The molecule has 0 rings (SSSR count). The molecule has 0 aromatic rings. The molecule has 0 saturated carbocycles. The van der Waals surface area contributed by atoms with Gasteiger partial charge in [-0.1, -0.05) is 0 Å². The fraction of sp³-hybridized carbons (Fsp3) is 0.143. The van der Waals surface area contributed by atoms with E-state index in [1.165, 1.54) is 6.08 Å². The molecular formula is C7H7BFN. The van der Waals surface area contributed by atoms with Crippen LogP contribution in [0.3, 0.4) is 0 Å². The van der Waals surface area contributed by atoms with Gasteiger partial charge in [0, 0.05) is 0 Å². The number of allylic oxidation sites excluding steroid dienone is 2. The quantitative estimate of drug-likeness (QED) is 0.311. The Hall–Kier alpha value is -1.17. The first-order valence-corrected chi connectivity index (χ1v) is 2.77. The van der Waals surface area contributed by atoms with E-state index in [-0.39, 0.29) is 0 Å². The molecule has 0 aliphatic rings. The molecule has 0 bridgehead atoms. The predicted octanol–water partition coefficient (Wildman–Crippen LogP) is 1.06. The summed E-state index contributed by atoms with van der Waals surface area (Å²) < 4.78 is 12.2. The predicted molar refractivity (Wildman–Crippen MR) is 44.2 cm³/mol. The molecule has 0 unspecified atom stereocenters. The van der Waals surface area contributed by atoms with Crippen molar-refractivity contribution in [2.75, 3.05) is 0 Å². The van der Waals surface area contributed by atoms with Crippen molar-refractivity contribution in [3.8, 4) is 12.5 Å². The fourth-order valence-electron chi connectivity index (χ4n) is 0.360. The van der Waals surface area contributed by atoms with Crippen molar-refractivity contribution in [3.05, 3.63) is 12.2 Å². The van der Waals surface area contributed by atoms with Crippen molar-refractivity contribution in [2.45, 2.75) is 6.32 Å². The van der Waals surface area contributed by atoms with Crippen LogP contribution in [-0.4, -0.2) is 19.4 Å². The zero-order valence-electron chi connectivity index (χ0n) is 5.55. The van der Waals surface area contributed by atoms with Crippen LogP contribution < -0.4 is 0 Å². The monoisotopic (exact) mass is 135 g/mol. The minimum absolute atomic E-state index is 0.619. The number of rotatable bonds is 3. The van der Waals surface area contributed by atoms with Gasteiger partial charge < -0.3 is 0 Å². The van der Waals surface area contributed by atoms with Crippen LogP contribution in [0.5, 0.6) is 0 Å². The van der Waals surface area contributed by atoms with Gasteiger partial charge in [0.15, 0.2) is 0 Å². The third-order valence-corrected chi connectivity index (χ3v) is 0.729. The average molecular weight is 135 g/mol. The van der Waals surface area contributed by atoms with Gasteiger partial charge in [-0.15, -0.1) is 0 Å². The molecule has 0 saturated heterocycles. The molecule has 3 heteroatoms. The van der Waals surface area contributed by atoms with Crippen LogP contribution in [0.15, 0.2) is 17.1 Å². The van der Waals surface area contributed by atoms with Gasteiger partial charge in [0.05, 0.1) is 0 Å². The van der Waals surface area contributed by atoms with Crippen molar-refractivity contribution in [2.24, 2.45) is 4.99 Å². The summed E-state index contributed by atoms with van der Waals surface area (Å²) in [4.78, 5) is 3.05. The van der Waals surface area contributed by atoms with Crippen LogP contribution in [0.25, 0.3) is 0 Å². The zero-order valence-corrected chi connectivity index (χ0v) is 5.55. The second-order valence-electron chi connectivity index (χ2n) is 1.49.